The van der Waals surface area contributed by atoms with Gasteiger partial charge in [-0.3, -0.25) is 14.9 Å². The van der Waals surface area contributed by atoms with Crippen molar-refractivity contribution in [3.05, 3.63) is 33.9 Å². The molecule has 2 N–H and O–H groups in total. The second-order valence-electron chi connectivity index (χ2n) is 3.23. The fourth-order valence-electron chi connectivity index (χ4n) is 1.25. The Morgan fingerprint density at radius 1 is 1.50 bits per heavy atom. The second-order valence-corrected chi connectivity index (χ2v) is 3.23. The SMILES string of the molecule is COC(=O)c1ccc([N+](=O)[O-])c(NCC(=O)O)c1. The average Bonchev–Trinajstić information content (AvgIpc) is 2.34. The summed E-state index contributed by atoms with van der Waals surface area (Å²) in [6.07, 6.45) is 0. The summed E-state index contributed by atoms with van der Waals surface area (Å²) >= 11 is 0. The van der Waals surface area contributed by atoms with E-state index in [0.29, 0.717) is 0 Å². The van der Waals surface area contributed by atoms with Gasteiger partial charge in [0.25, 0.3) is 5.69 Å². The highest BCUT2D eigenvalue weighted by atomic mass is 16.6. The number of benzene rings is 1. The lowest BCUT2D eigenvalue weighted by Gasteiger charge is -2.06. The van der Waals surface area contributed by atoms with E-state index < -0.39 is 23.4 Å². The third-order valence-corrected chi connectivity index (χ3v) is 2.04. The minimum Gasteiger partial charge on any atom is -0.480 e. The van der Waals surface area contributed by atoms with Crippen LogP contribution in [-0.4, -0.2) is 35.6 Å². The molecule has 8 heteroatoms. The van der Waals surface area contributed by atoms with E-state index in [1.54, 1.807) is 0 Å². The van der Waals surface area contributed by atoms with Crippen LogP contribution in [0, 0.1) is 10.1 Å². The molecule has 0 unspecified atom stereocenters. The number of anilines is 1. The van der Waals surface area contributed by atoms with Crippen LogP contribution in [0.1, 0.15) is 10.4 Å². The van der Waals surface area contributed by atoms with Gasteiger partial charge in [0.05, 0.1) is 17.6 Å². The van der Waals surface area contributed by atoms with Gasteiger partial charge in [-0.05, 0) is 12.1 Å². The van der Waals surface area contributed by atoms with E-state index in [-0.39, 0.29) is 16.9 Å². The Morgan fingerprint density at radius 2 is 2.17 bits per heavy atom. The molecule has 0 saturated carbocycles. The predicted molar refractivity (Wildman–Crippen MR) is 60.6 cm³/mol. The summed E-state index contributed by atoms with van der Waals surface area (Å²) in [6.45, 7) is -0.495. The Balaban J connectivity index is 3.11. The summed E-state index contributed by atoms with van der Waals surface area (Å²) in [5.74, 6) is -1.84. The highest BCUT2D eigenvalue weighted by Crippen LogP contribution is 2.25. The maximum absolute atomic E-state index is 11.2. The number of methoxy groups -OCH3 is 1. The molecule has 0 aromatic heterocycles. The molecule has 0 heterocycles. The van der Waals surface area contributed by atoms with Crippen LogP contribution >= 0.6 is 0 Å². The molecule has 0 fully saturated rings. The molecule has 1 aromatic rings. The Hall–Kier alpha value is -2.64. The minimum atomic E-state index is -1.17. The van der Waals surface area contributed by atoms with E-state index >= 15 is 0 Å². The summed E-state index contributed by atoms with van der Waals surface area (Å²) in [4.78, 5) is 31.7. The van der Waals surface area contributed by atoms with Crippen LogP contribution in [0.2, 0.25) is 0 Å². The predicted octanol–water partition coefficient (Wildman–Crippen LogP) is 0.878. The first-order chi connectivity index (χ1) is 8.45. The Morgan fingerprint density at radius 3 is 2.67 bits per heavy atom. The number of nitrogens with one attached hydrogen (secondary N) is 1. The van der Waals surface area contributed by atoms with Crippen LogP contribution in [0.5, 0.6) is 0 Å². The number of carbonyl (C=O) groups is 2. The van der Waals surface area contributed by atoms with Gasteiger partial charge in [0.1, 0.15) is 12.2 Å². The summed E-state index contributed by atoms with van der Waals surface area (Å²) in [6, 6.07) is 3.51. The van der Waals surface area contributed by atoms with Crippen LogP contribution in [-0.2, 0) is 9.53 Å². The molecule has 1 rings (SSSR count). The van der Waals surface area contributed by atoms with Crippen molar-refractivity contribution >= 4 is 23.3 Å². The van der Waals surface area contributed by atoms with Crippen molar-refractivity contribution in [1.29, 1.82) is 0 Å². The van der Waals surface area contributed by atoms with Gasteiger partial charge >= 0.3 is 11.9 Å². The van der Waals surface area contributed by atoms with Crippen molar-refractivity contribution in [3.8, 4) is 0 Å². The first-order valence-corrected chi connectivity index (χ1v) is 4.78. The molecular weight excluding hydrogens is 244 g/mol. The molecule has 8 nitrogen and oxygen atoms in total. The number of hydrogen-bond acceptors (Lipinski definition) is 6. The van der Waals surface area contributed by atoms with Crippen molar-refractivity contribution in [2.75, 3.05) is 19.0 Å². The molecular formula is C10H10N2O6. The first-order valence-electron chi connectivity index (χ1n) is 4.78. The third-order valence-electron chi connectivity index (χ3n) is 2.04. The van der Waals surface area contributed by atoms with Crippen LogP contribution < -0.4 is 5.32 Å². The number of rotatable bonds is 5. The maximum Gasteiger partial charge on any atom is 0.337 e. The molecule has 1 aromatic carbocycles. The smallest absolute Gasteiger partial charge is 0.337 e. The van der Waals surface area contributed by atoms with Gasteiger partial charge in [-0.25, -0.2) is 4.79 Å². The van der Waals surface area contributed by atoms with Gasteiger partial charge < -0.3 is 15.2 Å². The number of nitro groups is 1. The Bertz CT molecular complexity index is 499. The molecule has 96 valence electrons. The van der Waals surface area contributed by atoms with E-state index in [1.807, 2.05) is 0 Å². The number of nitrogens with zero attached hydrogens (tertiary/aromatic N) is 1. The number of esters is 1. The molecule has 0 spiro atoms. The van der Waals surface area contributed by atoms with Gasteiger partial charge in [0.15, 0.2) is 0 Å². The summed E-state index contributed by atoms with van der Waals surface area (Å²) in [5, 5.41) is 21.6. The number of carboxylic acids is 1. The quantitative estimate of drug-likeness (QED) is 0.454. The van der Waals surface area contributed by atoms with Crippen molar-refractivity contribution < 1.29 is 24.4 Å². The van der Waals surface area contributed by atoms with Crippen LogP contribution in [0.25, 0.3) is 0 Å². The molecule has 0 bridgehead atoms. The fraction of sp³-hybridized carbons (Fsp3) is 0.200. The zero-order chi connectivity index (χ0) is 13.7. The Kier molecular flexibility index (Phi) is 4.19. The maximum atomic E-state index is 11.2. The number of carboxylic acid groups (broad SMARTS) is 1. The summed E-state index contributed by atoms with van der Waals surface area (Å²) in [7, 11) is 1.17. The van der Waals surface area contributed by atoms with Crippen molar-refractivity contribution in [1.82, 2.24) is 0 Å². The fourth-order valence-corrected chi connectivity index (χ4v) is 1.25. The van der Waals surface area contributed by atoms with E-state index in [9.17, 15) is 19.7 Å². The molecule has 0 amide bonds. The van der Waals surface area contributed by atoms with E-state index in [0.717, 1.165) is 6.07 Å². The summed E-state index contributed by atoms with van der Waals surface area (Å²) < 4.78 is 4.46. The normalized spacial score (nSPS) is 9.61. The molecule has 0 aliphatic heterocycles. The highest BCUT2D eigenvalue weighted by molar-refractivity contribution is 5.91. The number of nitro benzene ring substituents is 1. The van der Waals surface area contributed by atoms with Gasteiger partial charge in [-0.15, -0.1) is 0 Å². The second kappa shape index (κ2) is 5.62. The van der Waals surface area contributed by atoms with Gasteiger partial charge in [-0.1, -0.05) is 0 Å². The lowest BCUT2D eigenvalue weighted by atomic mass is 10.1. The monoisotopic (exact) mass is 254 g/mol. The number of aliphatic carboxylic acids is 1. The van der Waals surface area contributed by atoms with E-state index in [2.05, 4.69) is 10.1 Å². The van der Waals surface area contributed by atoms with Crippen LogP contribution in [0.3, 0.4) is 0 Å². The lowest BCUT2D eigenvalue weighted by Crippen LogP contribution is -2.14. The van der Waals surface area contributed by atoms with Crippen molar-refractivity contribution in [3.63, 3.8) is 0 Å². The van der Waals surface area contributed by atoms with E-state index in [4.69, 9.17) is 5.11 Å². The number of ether oxygens (including phenoxy) is 1. The van der Waals surface area contributed by atoms with E-state index in [1.165, 1.54) is 19.2 Å². The van der Waals surface area contributed by atoms with Crippen LogP contribution in [0.4, 0.5) is 11.4 Å². The molecule has 0 radical (unpaired) electrons. The molecule has 0 aliphatic carbocycles. The molecule has 18 heavy (non-hydrogen) atoms. The lowest BCUT2D eigenvalue weighted by molar-refractivity contribution is -0.384. The zero-order valence-electron chi connectivity index (χ0n) is 9.37. The first kappa shape index (κ1) is 13.4. The largest absolute Gasteiger partial charge is 0.480 e. The van der Waals surface area contributed by atoms with Crippen molar-refractivity contribution in [2.45, 2.75) is 0 Å². The number of hydrogen-bond donors (Lipinski definition) is 2. The van der Waals surface area contributed by atoms with Crippen molar-refractivity contribution in [2.24, 2.45) is 0 Å². The number of carbonyl (C=O) groups excluding carboxylic acids is 1. The third kappa shape index (κ3) is 3.17. The molecule has 0 saturated heterocycles. The van der Waals surface area contributed by atoms with Gasteiger partial charge in [0, 0.05) is 6.07 Å². The highest BCUT2D eigenvalue weighted by Gasteiger charge is 2.17. The van der Waals surface area contributed by atoms with Crippen LogP contribution in [0.15, 0.2) is 18.2 Å². The standard InChI is InChI=1S/C10H10N2O6/c1-18-10(15)6-2-3-8(12(16)17)7(4-6)11-5-9(13)14/h2-4,11H,5H2,1H3,(H,13,14). The zero-order valence-corrected chi connectivity index (χ0v) is 9.37. The average molecular weight is 254 g/mol. The minimum absolute atomic E-state index is 0.0506. The van der Waals surface area contributed by atoms with Gasteiger partial charge in [0.2, 0.25) is 0 Å². The molecule has 0 atom stereocenters. The van der Waals surface area contributed by atoms with Gasteiger partial charge in [-0.2, -0.15) is 0 Å². The summed E-state index contributed by atoms with van der Waals surface area (Å²) in [5.41, 5.74) is -0.273. The Labute approximate surface area is 101 Å². The molecule has 0 aliphatic rings. The topological polar surface area (TPSA) is 119 Å².